The van der Waals surface area contributed by atoms with Crippen LogP contribution in [0.3, 0.4) is 0 Å². The molecule has 35 nitrogen and oxygen atoms in total. The van der Waals surface area contributed by atoms with E-state index < -0.39 is 241 Å². The minimum Gasteiger partial charge on any atom is -0.480 e. The molecule has 96 heavy (non-hydrogen) atoms. The van der Waals surface area contributed by atoms with Crippen molar-refractivity contribution in [1.82, 2.24) is 52.8 Å². The molecule has 0 bridgehead atoms. The van der Waals surface area contributed by atoms with Crippen LogP contribution in [0.25, 0.3) is 0 Å². The molecule has 0 aromatic carbocycles. The molecule has 21 atom stereocenters. The monoisotopic (exact) mass is 1380 g/mol. The highest BCUT2D eigenvalue weighted by Crippen LogP contribution is 2.31. The number of amides is 10. The molecule has 3 aliphatic rings. The number of nitrogens with two attached hydrogens (primary N) is 1. The topological polar surface area (TPSA) is 530 Å². The summed E-state index contributed by atoms with van der Waals surface area (Å²) in [4.78, 5) is 162. The Bertz CT molecular complexity index is 2700. The predicted octanol–water partition coefficient (Wildman–Crippen LogP) is -5.75. The van der Waals surface area contributed by atoms with E-state index in [9.17, 15) is 93.3 Å². The molecule has 3 rings (SSSR count). The number of carboxylic acids is 1. The average molecular weight is 1380 g/mol. The maximum absolute atomic E-state index is 14.3. The van der Waals surface area contributed by atoms with Gasteiger partial charge in [-0.3, -0.25) is 52.7 Å². The summed E-state index contributed by atoms with van der Waals surface area (Å²) in [6.45, 7) is 22.6. The van der Waals surface area contributed by atoms with Gasteiger partial charge in [-0.1, -0.05) is 55.4 Å². The Morgan fingerprint density at radius 2 is 1.00 bits per heavy atom. The van der Waals surface area contributed by atoms with Crippen LogP contribution in [0, 0.1) is 23.7 Å². The van der Waals surface area contributed by atoms with E-state index in [1.54, 1.807) is 76.2 Å². The summed E-state index contributed by atoms with van der Waals surface area (Å²) >= 11 is 0. The molecule has 3 heterocycles. The van der Waals surface area contributed by atoms with Gasteiger partial charge >= 0.3 is 11.9 Å². The van der Waals surface area contributed by atoms with Gasteiger partial charge in [0, 0.05) is 19.9 Å². The average Bonchev–Trinajstić information content (AvgIpc) is 0.970. The van der Waals surface area contributed by atoms with E-state index in [-0.39, 0.29) is 25.8 Å². The van der Waals surface area contributed by atoms with Crippen LogP contribution in [-0.4, -0.2) is 265 Å². The number of aliphatic hydroxyl groups excluding tert-OH is 6. The minimum absolute atomic E-state index is 0.0679. The number of carboxylic acid groups (broad SMARTS) is 1. The number of aliphatic hydroxyl groups is 6. The van der Waals surface area contributed by atoms with Gasteiger partial charge in [0.05, 0.1) is 19.3 Å². The third-order valence-corrected chi connectivity index (χ3v) is 16.3. The van der Waals surface area contributed by atoms with Crippen molar-refractivity contribution in [3.63, 3.8) is 0 Å². The molecule has 3 saturated heterocycles. The second-order valence-corrected chi connectivity index (χ2v) is 26.9. The lowest BCUT2D eigenvalue weighted by Gasteiger charge is -2.48. The van der Waals surface area contributed by atoms with E-state index in [1.165, 1.54) is 32.6 Å². The predicted molar refractivity (Wildman–Crippen MR) is 336 cm³/mol. The molecule has 0 aliphatic carbocycles. The molecule has 0 saturated carbocycles. The number of likely N-dealkylation sites (tertiary alicyclic amines) is 1. The van der Waals surface area contributed by atoms with Gasteiger partial charge in [-0.15, -0.1) is 0 Å². The Hall–Kier alpha value is -6.80. The lowest BCUT2D eigenvalue weighted by Crippen LogP contribution is -2.68. The Morgan fingerprint density at radius 3 is 1.48 bits per heavy atom. The molecule has 3 fully saturated rings. The van der Waals surface area contributed by atoms with Crippen molar-refractivity contribution in [2.45, 2.75) is 270 Å². The largest absolute Gasteiger partial charge is 0.480 e. The molecular formula is C61H105N11O24. The summed E-state index contributed by atoms with van der Waals surface area (Å²) in [5.74, 6) is -12.5. The SMILES string of the molecule is CC(=O)NC1[C@@H](OC(C)[C@H](N)C(=O)NC(C(=O)N2CCC[C@H]2C(=O)NC(C)C(=O)N[C@@H](C)C(=O)NC(C(=O)N[C@H](C(=O)NC(C(=O)N[C@@H](C)C(=O)NC(CCC(=O)OC(C)(C)C)C(=O)O)C(C)C)C(C)C)C(C)C)C(C)C)OC(CO)[C@H](O)[C@@H]1O[C@@H]1OC(CO)[C@H](O)C(O)[C@@H]1O. The lowest BCUT2D eigenvalue weighted by molar-refractivity contribution is -0.347. The Morgan fingerprint density at radius 1 is 0.562 bits per heavy atom. The molecule has 548 valence electrons. The maximum atomic E-state index is 14.3. The van der Waals surface area contributed by atoms with Crippen LogP contribution < -0.4 is 53.6 Å². The number of nitrogens with one attached hydrogen (secondary N) is 9. The first-order chi connectivity index (χ1) is 44.5. The number of hydrogen-bond donors (Lipinski definition) is 17. The van der Waals surface area contributed by atoms with Crippen molar-refractivity contribution in [1.29, 1.82) is 0 Å². The fourth-order valence-electron chi connectivity index (χ4n) is 10.5. The first kappa shape index (κ1) is 83.4. The summed E-state index contributed by atoms with van der Waals surface area (Å²) < 4.78 is 28.3. The molecular weight excluding hydrogens is 1270 g/mol. The van der Waals surface area contributed by atoms with Crippen molar-refractivity contribution < 1.29 is 117 Å². The van der Waals surface area contributed by atoms with Crippen LogP contribution in [0.4, 0.5) is 0 Å². The quantitative estimate of drug-likeness (QED) is 0.0272. The van der Waals surface area contributed by atoms with Crippen LogP contribution in [0.2, 0.25) is 0 Å². The van der Waals surface area contributed by atoms with Crippen LogP contribution in [0.5, 0.6) is 0 Å². The first-order valence-corrected chi connectivity index (χ1v) is 32.2. The summed E-state index contributed by atoms with van der Waals surface area (Å²) in [7, 11) is 0. The number of aliphatic carboxylic acids is 1. The van der Waals surface area contributed by atoms with E-state index in [1.807, 2.05) is 0 Å². The van der Waals surface area contributed by atoms with E-state index in [2.05, 4.69) is 47.9 Å². The van der Waals surface area contributed by atoms with Crippen LogP contribution >= 0.6 is 0 Å². The smallest absolute Gasteiger partial charge is 0.326 e. The van der Waals surface area contributed by atoms with Gasteiger partial charge in [-0.25, -0.2) is 4.79 Å². The Kier molecular flexibility index (Phi) is 32.4. The zero-order valence-corrected chi connectivity index (χ0v) is 57.5. The molecule has 35 heteroatoms. The number of rotatable bonds is 33. The summed E-state index contributed by atoms with van der Waals surface area (Å²) in [5, 5.41) is 95.0. The summed E-state index contributed by atoms with van der Waals surface area (Å²) in [5.41, 5.74) is 5.58. The molecule has 0 aromatic heterocycles. The zero-order valence-electron chi connectivity index (χ0n) is 57.5. The van der Waals surface area contributed by atoms with Crippen LogP contribution in [0.1, 0.15) is 136 Å². The van der Waals surface area contributed by atoms with Crippen molar-refractivity contribution >= 4 is 71.0 Å². The van der Waals surface area contributed by atoms with E-state index in [0.717, 1.165) is 6.92 Å². The third-order valence-electron chi connectivity index (χ3n) is 16.3. The summed E-state index contributed by atoms with van der Waals surface area (Å²) in [6, 6.07) is -14.8. The number of nitrogens with zero attached hydrogens (tertiary/aromatic N) is 1. The number of carbonyl (C=O) groups is 12. The first-order valence-electron chi connectivity index (χ1n) is 32.2. The van der Waals surface area contributed by atoms with Crippen molar-refractivity contribution in [2.24, 2.45) is 29.4 Å². The Balaban J connectivity index is 1.64. The zero-order chi connectivity index (χ0) is 73.3. The van der Waals surface area contributed by atoms with Gasteiger partial charge in [0.2, 0.25) is 59.1 Å². The van der Waals surface area contributed by atoms with Gasteiger partial charge in [-0.2, -0.15) is 0 Å². The highest BCUT2D eigenvalue weighted by Gasteiger charge is 2.53. The number of ether oxygens (including phenoxy) is 5. The van der Waals surface area contributed by atoms with Gasteiger partial charge in [0.15, 0.2) is 12.6 Å². The fraction of sp³-hybridized carbons (Fsp3) is 0.803. The standard InChI is InChI=1S/C61H105N11O24/c1-24(2)39(54(86)65-29(10)50(82)67-33(58(90)91)19-20-37(76)96-61(14,15)16)69-56(88)41(26(5)6)70-55(87)40(25(3)4)68-51(83)30(11)63-49(81)28(9)64-52(84)34-18-17-21-72(34)57(89)42(27(7)8)71-53(85)38(62)31(12)92-59-43(66-32(13)75)48(45(78)36(23-74)93-59)95-60-47(80)46(79)44(77)35(22-73)94-60/h24-31,33-36,38-48,59-60,73-74,77-80H,17-23,62H2,1-16H3,(H,63,81)(H,64,84)(H,65,86)(H,66,75)(H,67,82)(H,68,83)(H,69,88)(H,70,87)(H,71,85)(H,90,91)/t28?,29-,30-,31?,33?,34-,35?,36?,38-,39?,40?,41-,42?,43?,44-,45-,46?,47-,48+,59-,60-/m0/s1. The molecule has 0 radical (unpaired) electrons. The van der Waals surface area contributed by atoms with Crippen LogP contribution in [-0.2, 0) is 81.2 Å². The van der Waals surface area contributed by atoms with Crippen molar-refractivity contribution in [2.75, 3.05) is 19.8 Å². The number of esters is 1. The molecule has 0 aromatic rings. The fourth-order valence-corrected chi connectivity index (χ4v) is 10.5. The molecule has 10 amide bonds. The van der Waals surface area contributed by atoms with E-state index in [4.69, 9.17) is 29.4 Å². The van der Waals surface area contributed by atoms with Crippen molar-refractivity contribution in [3.8, 4) is 0 Å². The third kappa shape index (κ3) is 23.7. The van der Waals surface area contributed by atoms with Crippen molar-refractivity contribution in [3.05, 3.63) is 0 Å². The van der Waals surface area contributed by atoms with Gasteiger partial charge in [0.1, 0.15) is 115 Å². The minimum atomic E-state index is -1.94. The normalized spacial score (nSPS) is 26.1. The molecule has 18 N–H and O–H groups in total. The van der Waals surface area contributed by atoms with Gasteiger partial charge in [0.25, 0.3) is 0 Å². The lowest BCUT2D eigenvalue weighted by atomic mass is 9.95. The van der Waals surface area contributed by atoms with Crippen LogP contribution in [0.15, 0.2) is 0 Å². The molecule has 10 unspecified atom stereocenters. The second-order valence-electron chi connectivity index (χ2n) is 26.9. The maximum Gasteiger partial charge on any atom is 0.326 e. The highest BCUT2D eigenvalue weighted by molar-refractivity contribution is 5.98. The summed E-state index contributed by atoms with van der Waals surface area (Å²) in [6.07, 6.45) is -16.9. The Labute approximate surface area is 558 Å². The second kappa shape index (κ2) is 37.2. The van der Waals surface area contributed by atoms with Gasteiger partial charge < -0.3 is 118 Å². The molecule has 0 spiro atoms. The highest BCUT2D eigenvalue weighted by atomic mass is 16.7. The number of carbonyl (C=O) groups excluding carboxylic acids is 11. The number of hydrogen-bond acceptors (Lipinski definition) is 24. The van der Waals surface area contributed by atoms with Gasteiger partial charge in [-0.05, 0) is 91.4 Å². The van der Waals surface area contributed by atoms with E-state index in [0.29, 0.717) is 6.42 Å². The molecule has 3 aliphatic heterocycles. The van der Waals surface area contributed by atoms with E-state index >= 15 is 0 Å².